The first-order valence-corrected chi connectivity index (χ1v) is 7.81. The third-order valence-corrected chi connectivity index (χ3v) is 4.10. The molecule has 0 atom stereocenters. The third-order valence-electron chi connectivity index (χ3n) is 4.10. The summed E-state index contributed by atoms with van der Waals surface area (Å²) in [5, 5.41) is 6.13. The Morgan fingerprint density at radius 3 is 2.80 bits per heavy atom. The molecule has 0 unspecified atom stereocenters. The van der Waals surface area contributed by atoms with Crippen LogP contribution in [0.2, 0.25) is 0 Å². The van der Waals surface area contributed by atoms with Crippen LogP contribution in [0.15, 0.2) is 24.3 Å². The number of rotatable bonds is 6. The zero-order valence-electron chi connectivity index (χ0n) is 12.5. The van der Waals surface area contributed by atoms with Gasteiger partial charge < -0.3 is 10.6 Å². The summed E-state index contributed by atoms with van der Waals surface area (Å²) in [6, 6.07) is 8.05. The molecule has 0 radical (unpaired) electrons. The topological polar surface area (TPSA) is 41.1 Å². The maximum atomic E-state index is 12.0. The molecule has 0 aromatic heterocycles. The minimum atomic E-state index is 0.150. The smallest absolute Gasteiger partial charge is 0.224 e. The van der Waals surface area contributed by atoms with E-state index in [9.17, 15) is 4.79 Å². The van der Waals surface area contributed by atoms with Crippen molar-refractivity contribution in [3.8, 4) is 0 Å². The Labute approximate surface area is 122 Å². The summed E-state index contributed by atoms with van der Waals surface area (Å²) in [6.45, 7) is 0.825. The third kappa shape index (κ3) is 4.97. The summed E-state index contributed by atoms with van der Waals surface area (Å²) >= 11 is 0. The number of carbonyl (C=O) groups excluding carboxylic acids is 1. The lowest BCUT2D eigenvalue weighted by atomic mass is 9.86. The Hall–Kier alpha value is -1.35. The van der Waals surface area contributed by atoms with Gasteiger partial charge in [0.25, 0.3) is 0 Å². The quantitative estimate of drug-likeness (QED) is 0.830. The normalized spacial score (nSPS) is 16.1. The number of nitrogens with one attached hydrogen (secondary N) is 2. The molecule has 0 heterocycles. The lowest BCUT2D eigenvalue weighted by Crippen LogP contribution is -2.15. The SMILES string of the molecule is CNCc1cccc(NC(=O)CCC2CCCCC2)c1. The van der Waals surface area contributed by atoms with Gasteiger partial charge in [-0.2, -0.15) is 0 Å². The van der Waals surface area contributed by atoms with E-state index in [0.717, 1.165) is 24.6 Å². The van der Waals surface area contributed by atoms with Crippen molar-refractivity contribution in [3.05, 3.63) is 29.8 Å². The number of benzene rings is 1. The number of hydrogen-bond donors (Lipinski definition) is 2. The van der Waals surface area contributed by atoms with Gasteiger partial charge in [-0.1, -0.05) is 44.2 Å². The van der Waals surface area contributed by atoms with Gasteiger partial charge in [-0.15, -0.1) is 0 Å². The van der Waals surface area contributed by atoms with Crippen molar-refractivity contribution in [2.75, 3.05) is 12.4 Å². The van der Waals surface area contributed by atoms with Crippen molar-refractivity contribution in [3.63, 3.8) is 0 Å². The monoisotopic (exact) mass is 274 g/mol. The number of anilines is 1. The van der Waals surface area contributed by atoms with Gasteiger partial charge in [0.05, 0.1) is 0 Å². The van der Waals surface area contributed by atoms with Crippen LogP contribution in [0.4, 0.5) is 5.69 Å². The summed E-state index contributed by atoms with van der Waals surface area (Å²) in [4.78, 5) is 12.0. The molecule has 0 saturated heterocycles. The first kappa shape index (κ1) is 15.0. The summed E-state index contributed by atoms with van der Waals surface area (Å²) in [5.41, 5.74) is 2.10. The van der Waals surface area contributed by atoms with Crippen LogP contribution in [0.5, 0.6) is 0 Å². The highest BCUT2D eigenvalue weighted by Gasteiger charge is 2.14. The Balaban J connectivity index is 1.77. The molecule has 1 aromatic rings. The fourth-order valence-corrected chi connectivity index (χ4v) is 3.00. The average Bonchev–Trinajstić information content (AvgIpc) is 2.47. The maximum Gasteiger partial charge on any atom is 0.224 e. The minimum absolute atomic E-state index is 0.150. The van der Waals surface area contributed by atoms with Crippen molar-refractivity contribution in [2.45, 2.75) is 51.5 Å². The van der Waals surface area contributed by atoms with E-state index in [-0.39, 0.29) is 5.91 Å². The number of hydrogen-bond acceptors (Lipinski definition) is 2. The zero-order chi connectivity index (χ0) is 14.2. The van der Waals surface area contributed by atoms with Gasteiger partial charge in [0.1, 0.15) is 0 Å². The maximum absolute atomic E-state index is 12.0. The van der Waals surface area contributed by atoms with Gasteiger partial charge in [-0.05, 0) is 37.1 Å². The molecule has 110 valence electrons. The van der Waals surface area contributed by atoms with Crippen molar-refractivity contribution in [2.24, 2.45) is 5.92 Å². The molecule has 3 nitrogen and oxygen atoms in total. The van der Waals surface area contributed by atoms with Crippen molar-refractivity contribution < 1.29 is 4.79 Å². The molecule has 2 N–H and O–H groups in total. The fraction of sp³-hybridized carbons (Fsp3) is 0.588. The van der Waals surface area contributed by atoms with Crippen LogP contribution < -0.4 is 10.6 Å². The average molecular weight is 274 g/mol. The van der Waals surface area contributed by atoms with E-state index in [4.69, 9.17) is 0 Å². The Morgan fingerprint density at radius 1 is 1.25 bits per heavy atom. The van der Waals surface area contributed by atoms with Gasteiger partial charge in [0.15, 0.2) is 0 Å². The van der Waals surface area contributed by atoms with Crippen molar-refractivity contribution >= 4 is 11.6 Å². The molecule has 0 aliphatic heterocycles. The highest BCUT2D eigenvalue weighted by Crippen LogP contribution is 2.27. The number of amides is 1. The molecule has 1 fully saturated rings. The summed E-state index contributed by atoms with van der Waals surface area (Å²) in [5.74, 6) is 0.919. The standard InChI is InChI=1S/C17H26N2O/c1-18-13-15-8-5-9-16(12-15)19-17(20)11-10-14-6-3-2-4-7-14/h5,8-9,12,14,18H,2-4,6-7,10-11,13H2,1H3,(H,19,20). The van der Waals surface area contributed by atoms with Gasteiger partial charge in [-0.25, -0.2) is 0 Å². The highest BCUT2D eigenvalue weighted by atomic mass is 16.1. The Kier molecular flexibility index (Phi) is 6.06. The molecule has 1 saturated carbocycles. The molecule has 1 aliphatic rings. The first-order chi connectivity index (χ1) is 9.78. The molecule has 2 rings (SSSR count). The van der Waals surface area contributed by atoms with E-state index in [1.807, 2.05) is 25.2 Å². The van der Waals surface area contributed by atoms with Gasteiger partial charge in [0, 0.05) is 18.7 Å². The molecular formula is C17H26N2O. The van der Waals surface area contributed by atoms with Gasteiger partial charge >= 0.3 is 0 Å². The van der Waals surface area contributed by atoms with Crippen LogP contribution in [0.25, 0.3) is 0 Å². The van der Waals surface area contributed by atoms with Crippen LogP contribution in [0.1, 0.15) is 50.5 Å². The predicted molar refractivity (Wildman–Crippen MR) is 83.6 cm³/mol. The molecule has 20 heavy (non-hydrogen) atoms. The summed E-state index contributed by atoms with van der Waals surface area (Å²) in [7, 11) is 1.93. The molecule has 1 aromatic carbocycles. The van der Waals surface area contributed by atoms with Crippen molar-refractivity contribution in [1.29, 1.82) is 0 Å². The van der Waals surface area contributed by atoms with E-state index < -0.39 is 0 Å². The molecular weight excluding hydrogens is 248 g/mol. The van der Waals surface area contributed by atoms with Crippen LogP contribution >= 0.6 is 0 Å². The van der Waals surface area contributed by atoms with Crippen molar-refractivity contribution in [1.82, 2.24) is 5.32 Å². The predicted octanol–water partition coefficient (Wildman–Crippen LogP) is 3.71. The second-order valence-corrected chi connectivity index (χ2v) is 5.82. The van der Waals surface area contributed by atoms with Crippen LogP contribution in [-0.4, -0.2) is 13.0 Å². The van der Waals surface area contributed by atoms with Crippen LogP contribution in [-0.2, 0) is 11.3 Å². The minimum Gasteiger partial charge on any atom is -0.326 e. The van der Waals surface area contributed by atoms with E-state index in [1.54, 1.807) is 0 Å². The number of carbonyl (C=O) groups is 1. The van der Waals surface area contributed by atoms with Gasteiger partial charge in [0.2, 0.25) is 5.91 Å². The van der Waals surface area contributed by atoms with E-state index >= 15 is 0 Å². The molecule has 0 bridgehead atoms. The highest BCUT2D eigenvalue weighted by molar-refractivity contribution is 5.90. The summed E-state index contributed by atoms with van der Waals surface area (Å²) < 4.78 is 0. The molecule has 1 amide bonds. The molecule has 0 spiro atoms. The fourth-order valence-electron chi connectivity index (χ4n) is 3.00. The van der Waals surface area contributed by atoms with E-state index in [1.165, 1.54) is 37.7 Å². The molecule has 3 heteroatoms. The van der Waals surface area contributed by atoms with Crippen LogP contribution in [0, 0.1) is 5.92 Å². The molecule has 1 aliphatic carbocycles. The Bertz CT molecular complexity index is 425. The van der Waals surface area contributed by atoms with Gasteiger partial charge in [-0.3, -0.25) is 4.79 Å². The first-order valence-electron chi connectivity index (χ1n) is 7.81. The summed E-state index contributed by atoms with van der Waals surface area (Å²) in [6.07, 6.45) is 8.39. The van der Waals surface area contributed by atoms with Crippen LogP contribution in [0.3, 0.4) is 0 Å². The largest absolute Gasteiger partial charge is 0.326 e. The van der Waals surface area contributed by atoms with E-state index in [2.05, 4.69) is 16.7 Å². The second-order valence-electron chi connectivity index (χ2n) is 5.82. The second kappa shape index (κ2) is 8.05. The Morgan fingerprint density at radius 2 is 2.05 bits per heavy atom. The lowest BCUT2D eigenvalue weighted by Gasteiger charge is -2.21. The lowest BCUT2D eigenvalue weighted by molar-refractivity contribution is -0.116. The zero-order valence-corrected chi connectivity index (χ0v) is 12.5. The van der Waals surface area contributed by atoms with E-state index in [0.29, 0.717) is 6.42 Å².